The van der Waals surface area contributed by atoms with Crippen LogP contribution in [0.4, 0.5) is 13.2 Å². The molecule has 132 valence electrons. The molecule has 6 nitrogen and oxygen atoms in total. The highest BCUT2D eigenvalue weighted by atomic mass is 19.4. The van der Waals surface area contributed by atoms with Crippen molar-refractivity contribution >= 4 is 12.9 Å². The fourth-order valence-electron chi connectivity index (χ4n) is 1.93. The maximum Gasteiger partial charge on any atom is 0.421 e. The van der Waals surface area contributed by atoms with Crippen molar-refractivity contribution in [1.82, 2.24) is 15.4 Å². The van der Waals surface area contributed by atoms with Gasteiger partial charge in [-0.25, -0.2) is 9.98 Å². The van der Waals surface area contributed by atoms with Crippen molar-refractivity contribution in [3.8, 4) is 11.3 Å². The number of nitrogens with two attached hydrogens (primary N) is 1. The number of hydrogen-bond donors (Lipinski definition) is 3. The summed E-state index contributed by atoms with van der Waals surface area (Å²) in [7, 11) is 0. The van der Waals surface area contributed by atoms with Gasteiger partial charge in [-0.15, -0.1) is 0 Å². The summed E-state index contributed by atoms with van der Waals surface area (Å²) in [5, 5.41) is 3.52. The van der Waals surface area contributed by atoms with Gasteiger partial charge in [0, 0.05) is 0 Å². The summed E-state index contributed by atoms with van der Waals surface area (Å²) in [6.07, 6.45) is -2.46. The fourth-order valence-corrected chi connectivity index (χ4v) is 1.93. The number of allylic oxidation sites excluding steroid dienone is 1. The van der Waals surface area contributed by atoms with Crippen LogP contribution in [0.1, 0.15) is 11.4 Å². The predicted molar refractivity (Wildman–Crippen MR) is 90.9 cm³/mol. The van der Waals surface area contributed by atoms with E-state index in [-0.39, 0.29) is 6.54 Å². The molecule has 2 aromatic rings. The van der Waals surface area contributed by atoms with Crippen LogP contribution >= 0.6 is 0 Å². The summed E-state index contributed by atoms with van der Waals surface area (Å²) in [6, 6.07) is 7.84. The van der Waals surface area contributed by atoms with E-state index < -0.39 is 17.6 Å². The fraction of sp³-hybridized carbons (Fsp3) is 0.188. The van der Waals surface area contributed by atoms with Crippen LogP contribution in [0.5, 0.6) is 0 Å². The lowest BCUT2D eigenvalue weighted by Gasteiger charge is -2.08. The van der Waals surface area contributed by atoms with E-state index in [9.17, 15) is 13.2 Å². The average molecular weight is 350 g/mol. The van der Waals surface area contributed by atoms with Gasteiger partial charge in [0.25, 0.3) is 0 Å². The molecule has 0 saturated carbocycles. The largest absolute Gasteiger partial charge is 0.421 e. The normalized spacial score (nSPS) is 13.0. The third-order valence-electron chi connectivity index (χ3n) is 3.27. The lowest BCUT2D eigenvalue weighted by atomic mass is 10.1. The van der Waals surface area contributed by atoms with Crippen molar-refractivity contribution in [2.45, 2.75) is 19.6 Å². The van der Waals surface area contributed by atoms with E-state index in [1.54, 1.807) is 6.20 Å². The first kappa shape index (κ1) is 18.2. The minimum absolute atomic E-state index is 0.120. The second-order valence-electron chi connectivity index (χ2n) is 5.16. The Morgan fingerprint density at radius 1 is 1.36 bits per heavy atom. The molecule has 0 spiro atoms. The Bertz CT molecular complexity index is 787. The summed E-state index contributed by atoms with van der Waals surface area (Å²) < 4.78 is 38.3. The van der Waals surface area contributed by atoms with Crippen LogP contribution in [-0.4, -0.2) is 29.1 Å². The number of aromatic amines is 1. The maximum atomic E-state index is 12.8. The summed E-state index contributed by atoms with van der Waals surface area (Å²) in [5.74, 6) is -0.210. The Balaban J connectivity index is 2.00. The predicted octanol–water partition coefficient (Wildman–Crippen LogP) is 2.89. The molecule has 2 rings (SSSR count). The van der Waals surface area contributed by atoms with Gasteiger partial charge in [0.2, 0.25) is 0 Å². The number of H-pyrrole nitrogens is 1. The molecule has 9 heteroatoms. The second-order valence-corrected chi connectivity index (χ2v) is 5.16. The molecule has 0 atom stereocenters. The van der Waals surface area contributed by atoms with Gasteiger partial charge in [-0.2, -0.15) is 18.3 Å². The summed E-state index contributed by atoms with van der Waals surface area (Å²) in [4.78, 5) is 10.3. The molecule has 0 unspecified atom stereocenters. The average Bonchev–Trinajstić information content (AvgIpc) is 3.02. The van der Waals surface area contributed by atoms with Crippen LogP contribution in [0.3, 0.4) is 0 Å². The van der Waals surface area contributed by atoms with E-state index in [0.717, 1.165) is 16.8 Å². The monoisotopic (exact) mass is 350 g/mol. The Kier molecular flexibility index (Phi) is 5.58. The number of aliphatic imine (C=N–C) groups is 1. The first-order chi connectivity index (χ1) is 11.8. The van der Waals surface area contributed by atoms with E-state index in [0.29, 0.717) is 12.0 Å². The molecule has 0 aliphatic carbocycles. The molecule has 0 fully saturated rings. The number of nitrogens with one attached hydrogen (secondary N) is 2. The standard InChI is InChI=1S/C16H17F3N6/c1-10-3-5-11(6-4-10)13-8-22-14(25-13)9-24-23-7-12(15(20)21-2)16(17,18)19/h3-8,24H,2,9,20H2,1H3,(H,22,25)/b15-12-,23-7-. The number of nitrogens with zero attached hydrogens (tertiary/aromatic N) is 3. The molecule has 1 aromatic heterocycles. The summed E-state index contributed by atoms with van der Waals surface area (Å²) >= 11 is 0. The van der Waals surface area contributed by atoms with Gasteiger partial charge in [-0.05, 0) is 19.2 Å². The van der Waals surface area contributed by atoms with Crippen molar-refractivity contribution in [1.29, 1.82) is 0 Å². The Morgan fingerprint density at radius 2 is 2.04 bits per heavy atom. The van der Waals surface area contributed by atoms with Crippen LogP contribution in [-0.2, 0) is 6.54 Å². The molecule has 1 heterocycles. The zero-order chi connectivity index (χ0) is 18.4. The minimum Gasteiger partial charge on any atom is -0.383 e. The molecule has 0 aliphatic rings. The molecule has 25 heavy (non-hydrogen) atoms. The highest BCUT2D eigenvalue weighted by molar-refractivity contribution is 5.81. The minimum atomic E-state index is -4.67. The van der Waals surface area contributed by atoms with Crippen LogP contribution < -0.4 is 11.2 Å². The highest BCUT2D eigenvalue weighted by Gasteiger charge is 2.35. The number of rotatable bonds is 6. The molecule has 0 amide bonds. The quantitative estimate of drug-likeness (QED) is 0.553. The molecule has 0 aliphatic heterocycles. The van der Waals surface area contributed by atoms with Crippen LogP contribution in [0.25, 0.3) is 11.3 Å². The van der Waals surface area contributed by atoms with Gasteiger partial charge in [0.05, 0.1) is 24.7 Å². The topological polar surface area (TPSA) is 91.4 Å². The molecule has 4 N–H and O–H groups in total. The van der Waals surface area contributed by atoms with Crippen molar-refractivity contribution in [3.05, 3.63) is 53.2 Å². The van der Waals surface area contributed by atoms with Gasteiger partial charge >= 0.3 is 6.18 Å². The molecular formula is C16H17F3N6. The Hall–Kier alpha value is -3.10. The Labute approximate surface area is 142 Å². The molecule has 0 saturated heterocycles. The van der Waals surface area contributed by atoms with Gasteiger partial charge in [-0.3, -0.25) is 0 Å². The number of imidazole rings is 1. The number of aryl methyl sites for hydroxylation is 1. The number of alkyl halides is 3. The highest BCUT2D eigenvalue weighted by Crippen LogP contribution is 2.25. The zero-order valence-electron chi connectivity index (χ0n) is 13.4. The number of benzene rings is 1. The maximum absolute atomic E-state index is 12.8. The van der Waals surface area contributed by atoms with E-state index in [4.69, 9.17) is 5.73 Å². The van der Waals surface area contributed by atoms with Crippen molar-refractivity contribution in [2.24, 2.45) is 15.8 Å². The third kappa shape index (κ3) is 4.93. The van der Waals surface area contributed by atoms with Crippen LogP contribution in [0.15, 0.2) is 52.0 Å². The van der Waals surface area contributed by atoms with Crippen LogP contribution in [0.2, 0.25) is 0 Å². The van der Waals surface area contributed by atoms with E-state index >= 15 is 0 Å². The second kappa shape index (κ2) is 7.65. The lowest BCUT2D eigenvalue weighted by molar-refractivity contribution is -0.0864. The van der Waals surface area contributed by atoms with E-state index in [2.05, 4.69) is 32.2 Å². The van der Waals surface area contributed by atoms with Gasteiger partial charge in [0.15, 0.2) is 0 Å². The Morgan fingerprint density at radius 3 is 2.64 bits per heavy atom. The SMILES string of the molecule is C=N/C(N)=C(/C=N\NCc1ncc(-c2ccc(C)cc2)[nH]1)C(F)(F)F. The number of aromatic nitrogens is 2. The lowest BCUT2D eigenvalue weighted by Crippen LogP contribution is -2.19. The van der Waals surface area contributed by atoms with Crippen molar-refractivity contribution in [2.75, 3.05) is 0 Å². The summed E-state index contributed by atoms with van der Waals surface area (Å²) in [6.45, 7) is 5.09. The number of hydrogen-bond acceptors (Lipinski definition) is 5. The van der Waals surface area contributed by atoms with Gasteiger partial charge in [0.1, 0.15) is 17.2 Å². The van der Waals surface area contributed by atoms with Gasteiger partial charge in [-0.1, -0.05) is 29.8 Å². The molecule has 1 aromatic carbocycles. The smallest absolute Gasteiger partial charge is 0.383 e. The molecule has 0 radical (unpaired) electrons. The molecular weight excluding hydrogens is 333 g/mol. The first-order valence-corrected chi connectivity index (χ1v) is 7.21. The number of halogens is 3. The van der Waals surface area contributed by atoms with Crippen LogP contribution in [0, 0.1) is 6.92 Å². The van der Waals surface area contributed by atoms with Crippen molar-refractivity contribution < 1.29 is 13.2 Å². The van der Waals surface area contributed by atoms with E-state index in [1.807, 2.05) is 31.2 Å². The van der Waals surface area contributed by atoms with Gasteiger partial charge < -0.3 is 16.1 Å². The third-order valence-corrected chi connectivity index (χ3v) is 3.27. The van der Waals surface area contributed by atoms with Crippen molar-refractivity contribution in [3.63, 3.8) is 0 Å². The number of hydrazone groups is 1. The molecule has 0 bridgehead atoms. The zero-order valence-corrected chi connectivity index (χ0v) is 13.4. The van der Waals surface area contributed by atoms with E-state index in [1.165, 1.54) is 0 Å². The summed E-state index contributed by atoms with van der Waals surface area (Å²) in [5.41, 5.74) is 9.38. The first-order valence-electron chi connectivity index (χ1n) is 7.21.